The number of ether oxygens (including phenoxy) is 1. The van der Waals surface area contributed by atoms with Crippen molar-refractivity contribution in [2.24, 2.45) is 0 Å². The van der Waals surface area contributed by atoms with Gasteiger partial charge >= 0.3 is 6.03 Å². The highest BCUT2D eigenvalue weighted by Gasteiger charge is 2.27. The van der Waals surface area contributed by atoms with Crippen molar-refractivity contribution in [3.8, 4) is 0 Å². The number of nitrogens with one attached hydrogen (secondary N) is 1. The lowest BCUT2D eigenvalue weighted by molar-refractivity contribution is -0.0709. The highest BCUT2D eigenvalue weighted by atomic mass is 16.5. The Hall–Kier alpha value is -1.86. The van der Waals surface area contributed by atoms with Crippen LogP contribution in [0.2, 0.25) is 0 Å². The summed E-state index contributed by atoms with van der Waals surface area (Å²) in [4.78, 5) is 21.2. The fraction of sp³-hybridized carbons (Fsp3) is 0.684. The number of urea groups is 1. The number of aromatic nitrogens is 1. The fourth-order valence-electron chi connectivity index (χ4n) is 3.70. The van der Waals surface area contributed by atoms with Gasteiger partial charge in [0, 0.05) is 19.1 Å². The van der Waals surface area contributed by atoms with Crippen LogP contribution in [0.5, 0.6) is 0 Å². The average Bonchev–Trinajstić information content (AvgIpc) is 2.63. The largest absolute Gasteiger partial charge is 0.391 e. The summed E-state index contributed by atoms with van der Waals surface area (Å²) in [5, 5.41) is 12.6. The van der Waals surface area contributed by atoms with Crippen molar-refractivity contribution in [1.82, 2.24) is 9.88 Å². The summed E-state index contributed by atoms with van der Waals surface area (Å²) < 4.78 is 5.49. The van der Waals surface area contributed by atoms with E-state index >= 15 is 0 Å². The van der Waals surface area contributed by atoms with Crippen LogP contribution in [0.25, 0.3) is 0 Å². The zero-order chi connectivity index (χ0) is 18.7. The second-order valence-corrected chi connectivity index (χ2v) is 7.43. The topological polar surface area (TPSA) is 77.9 Å². The molecule has 144 valence electrons. The van der Waals surface area contributed by atoms with Crippen LogP contribution < -0.4 is 10.2 Å². The molecule has 0 spiro atoms. The SMILES string of the molecule is Cc1cc(NC(=O)N2CCOC(C(C)O)C2)cnc1N1CCCCC1C. The molecule has 2 N–H and O–H groups in total. The second kappa shape index (κ2) is 8.22. The molecule has 1 aromatic heterocycles. The van der Waals surface area contributed by atoms with Gasteiger partial charge in [-0.15, -0.1) is 0 Å². The lowest BCUT2D eigenvalue weighted by Crippen LogP contribution is -2.50. The number of aryl methyl sites for hydroxylation is 1. The number of anilines is 2. The Morgan fingerprint density at radius 2 is 2.23 bits per heavy atom. The van der Waals surface area contributed by atoms with Gasteiger partial charge in [0.15, 0.2) is 0 Å². The van der Waals surface area contributed by atoms with Crippen molar-refractivity contribution >= 4 is 17.5 Å². The van der Waals surface area contributed by atoms with Crippen LogP contribution in [0.1, 0.15) is 38.7 Å². The minimum Gasteiger partial charge on any atom is -0.391 e. The molecule has 2 aliphatic rings. The first kappa shape index (κ1) is 18.9. The highest BCUT2D eigenvalue weighted by molar-refractivity contribution is 5.89. The van der Waals surface area contributed by atoms with E-state index in [-0.39, 0.29) is 12.1 Å². The fourth-order valence-corrected chi connectivity index (χ4v) is 3.70. The van der Waals surface area contributed by atoms with Crippen LogP contribution in [0.3, 0.4) is 0 Å². The van der Waals surface area contributed by atoms with E-state index in [0.29, 0.717) is 31.4 Å². The number of rotatable bonds is 3. The van der Waals surface area contributed by atoms with E-state index in [1.54, 1.807) is 18.0 Å². The van der Waals surface area contributed by atoms with Crippen LogP contribution in [0.15, 0.2) is 12.3 Å². The maximum absolute atomic E-state index is 12.5. The van der Waals surface area contributed by atoms with Gasteiger partial charge < -0.3 is 25.0 Å². The maximum atomic E-state index is 12.5. The molecule has 0 aliphatic carbocycles. The molecule has 0 radical (unpaired) electrons. The van der Waals surface area contributed by atoms with Crippen molar-refractivity contribution in [2.45, 2.75) is 58.3 Å². The van der Waals surface area contributed by atoms with Crippen molar-refractivity contribution in [3.63, 3.8) is 0 Å². The van der Waals surface area contributed by atoms with Crippen molar-refractivity contribution < 1.29 is 14.6 Å². The third-order valence-corrected chi connectivity index (χ3v) is 5.30. The smallest absolute Gasteiger partial charge is 0.322 e. The van der Waals surface area contributed by atoms with Gasteiger partial charge in [0.05, 0.1) is 31.1 Å². The normalized spacial score (nSPS) is 25.1. The molecule has 2 fully saturated rings. The van der Waals surface area contributed by atoms with E-state index in [4.69, 9.17) is 4.74 Å². The molecule has 2 aliphatic heterocycles. The third kappa shape index (κ3) is 4.27. The minimum atomic E-state index is -0.597. The Morgan fingerprint density at radius 3 is 2.92 bits per heavy atom. The van der Waals surface area contributed by atoms with Crippen LogP contribution in [-0.2, 0) is 4.74 Å². The van der Waals surface area contributed by atoms with Gasteiger partial charge in [0.25, 0.3) is 0 Å². The number of hydrogen-bond acceptors (Lipinski definition) is 5. The lowest BCUT2D eigenvalue weighted by Gasteiger charge is -2.35. The van der Waals surface area contributed by atoms with Crippen molar-refractivity contribution in [3.05, 3.63) is 17.8 Å². The Morgan fingerprint density at radius 1 is 1.42 bits per heavy atom. The first-order chi connectivity index (χ1) is 12.5. The molecule has 3 heterocycles. The molecule has 7 nitrogen and oxygen atoms in total. The summed E-state index contributed by atoms with van der Waals surface area (Å²) in [6, 6.07) is 2.30. The van der Waals surface area contributed by atoms with Gasteiger partial charge in [0.1, 0.15) is 11.9 Å². The van der Waals surface area contributed by atoms with Gasteiger partial charge in [-0.1, -0.05) is 0 Å². The number of piperidine rings is 1. The molecule has 0 saturated carbocycles. The Labute approximate surface area is 155 Å². The van der Waals surface area contributed by atoms with Gasteiger partial charge in [-0.3, -0.25) is 0 Å². The molecule has 7 heteroatoms. The molecule has 2 saturated heterocycles. The number of hydrogen-bond donors (Lipinski definition) is 2. The van der Waals surface area contributed by atoms with Gasteiger partial charge in [-0.2, -0.15) is 0 Å². The quantitative estimate of drug-likeness (QED) is 0.863. The molecular weight excluding hydrogens is 332 g/mol. The Bertz CT molecular complexity index is 637. The number of morpholine rings is 1. The zero-order valence-corrected chi connectivity index (χ0v) is 15.9. The Kier molecular flexibility index (Phi) is 5.98. The number of nitrogens with zero attached hydrogens (tertiary/aromatic N) is 3. The summed E-state index contributed by atoms with van der Waals surface area (Å²) >= 11 is 0. The number of pyridine rings is 1. The van der Waals surface area contributed by atoms with E-state index in [1.807, 2.05) is 13.0 Å². The molecule has 0 bridgehead atoms. The average molecular weight is 362 g/mol. The monoisotopic (exact) mass is 362 g/mol. The molecular formula is C19H30N4O3. The van der Waals surface area contributed by atoms with Crippen molar-refractivity contribution in [1.29, 1.82) is 0 Å². The summed E-state index contributed by atoms with van der Waals surface area (Å²) in [6.07, 6.45) is 4.47. The first-order valence-electron chi connectivity index (χ1n) is 9.54. The third-order valence-electron chi connectivity index (χ3n) is 5.30. The molecule has 3 atom stereocenters. The molecule has 26 heavy (non-hydrogen) atoms. The lowest BCUT2D eigenvalue weighted by atomic mass is 10.0. The van der Waals surface area contributed by atoms with E-state index in [2.05, 4.69) is 22.1 Å². The van der Waals surface area contributed by atoms with Crippen LogP contribution in [-0.4, -0.2) is 65.5 Å². The summed E-state index contributed by atoms with van der Waals surface area (Å²) in [5.41, 5.74) is 1.77. The predicted octanol–water partition coefficient (Wildman–Crippen LogP) is 2.38. The van der Waals surface area contributed by atoms with Gasteiger partial charge in [-0.05, 0) is 51.7 Å². The summed E-state index contributed by atoms with van der Waals surface area (Å²) in [6.45, 7) is 8.34. The number of amides is 2. The highest BCUT2D eigenvalue weighted by Crippen LogP contribution is 2.27. The molecule has 3 unspecified atom stereocenters. The van der Waals surface area contributed by atoms with Crippen LogP contribution in [0, 0.1) is 6.92 Å². The zero-order valence-electron chi connectivity index (χ0n) is 15.9. The molecule has 3 rings (SSSR count). The van der Waals surface area contributed by atoms with E-state index in [0.717, 1.165) is 17.9 Å². The molecule has 0 aromatic carbocycles. The van der Waals surface area contributed by atoms with E-state index in [9.17, 15) is 9.90 Å². The molecule has 1 aromatic rings. The van der Waals surface area contributed by atoms with Gasteiger partial charge in [0.2, 0.25) is 0 Å². The van der Waals surface area contributed by atoms with E-state index < -0.39 is 6.10 Å². The number of carbonyl (C=O) groups excluding carboxylic acids is 1. The van der Waals surface area contributed by atoms with Crippen molar-refractivity contribution in [2.75, 3.05) is 36.5 Å². The second-order valence-electron chi connectivity index (χ2n) is 7.43. The predicted molar refractivity (Wildman–Crippen MR) is 102 cm³/mol. The maximum Gasteiger partial charge on any atom is 0.322 e. The van der Waals surface area contributed by atoms with E-state index in [1.165, 1.54) is 19.3 Å². The number of aliphatic hydroxyl groups is 1. The number of carbonyl (C=O) groups is 1. The van der Waals surface area contributed by atoms with Crippen LogP contribution in [0.4, 0.5) is 16.3 Å². The van der Waals surface area contributed by atoms with Crippen LogP contribution >= 0.6 is 0 Å². The van der Waals surface area contributed by atoms with Gasteiger partial charge in [-0.25, -0.2) is 9.78 Å². The summed E-state index contributed by atoms with van der Waals surface area (Å²) in [5.74, 6) is 1.01. The Balaban J connectivity index is 1.65. The summed E-state index contributed by atoms with van der Waals surface area (Å²) in [7, 11) is 0. The molecule has 2 amide bonds. The minimum absolute atomic E-state index is 0.181. The standard InChI is InChI=1S/C19H30N4O3/c1-13-10-16(11-20-18(13)23-7-5-4-6-14(23)2)21-19(25)22-8-9-26-17(12-22)15(3)24/h10-11,14-15,17,24H,4-9,12H2,1-3H3,(H,21,25). The number of aliphatic hydroxyl groups excluding tert-OH is 1. The first-order valence-corrected chi connectivity index (χ1v) is 9.54.